The minimum atomic E-state index is -2.49. The van der Waals surface area contributed by atoms with E-state index < -0.39 is 5.76 Å². The molecule has 0 saturated heterocycles. The molecule has 1 heterocycles. The molecule has 3 rings (SSSR count). The van der Waals surface area contributed by atoms with Crippen LogP contribution in [0.5, 0.6) is 5.75 Å². The van der Waals surface area contributed by atoms with E-state index in [0.717, 1.165) is 22.7 Å². The molecule has 0 N–H and O–H groups in total. The van der Waals surface area contributed by atoms with E-state index in [1.807, 2.05) is 0 Å². The number of amides is 1. The number of alkyl halides is 2. The summed E-state index contributed by atoms with van der Waals surface area (Å²) in [5.41, 5.74) is 0.938. The highest BCUT2D eigenvalue weighted by molar-refractivity contribution is 8.00. The molecule has 26 heavy (non-hydrogen) atoms. The molecule has 1 aliphatic rings. The Kier molecular flexibility index (Phi) is 6.36. The number of rotatable bonds is 8. The zero-order valence-electron chi connectivity index (χ0n) is 14.1. The summed E-state index contributed by atoms with van der Waals surface area (Å²) in [6.07, 6.45) is 2.01. The minimum Gasteiger partial charge on any atom is -0.496 e. The lowest BCUT2D eigenvalue weighted by Gasteiger charge is -2.15. The number of ether oxygens (including phenoxy) is 1. The van der Waals surface area contributed by atoms with Gasteiger partial charge in [-0.25, -0.2) is 0 Å². The number of nitrogens with zero attached hydrogens (tertiary/aromatic N) is 3. The van der Waals surface area contributed by atoms with E-state index >= 15 is 0 Å². The number of anilines is 1. The van der Waals surface area contributed by atoms with Crippen molar-refractivity contribution in [2.24, 2.45) is 0 Å². The van der Waals surface area contributed by atoms with Gasteiger partial charge in [0.05, 0.1) is 12.0 Å². The Morgan fingerprint density at radius 1 is 1.42 bits per heavy atom. The molecular formula is C16H17F2N3O2S3. The van der Waals surface area contributed by atoms with Gasteiger partial charge in [0.1, 0.15) is 5.75 Å². The first-order valence-electron chi connectivity index (χ1n) is 7.85. The van der Waals surface area contributed by atoms with Gasteiger partial charge < -0.3 is 4.74 Å². The molecule has 1 fully saturated rings. The van der Waals surface area contributed by atoms with Crippen molar-refractivity contribution >= 4 is 45.9 Å². The number of halogens is 2. The number of hydrogen-bond donors (Lipinski definition) is 0. The molecule has 1 amide bonds. The Balaban J connectivity index is 1.65. The topological polar surface area (TPSA) is 55.3 Å². The van der Waals surface area contributed by atoms with Gasteiger partial charge in [0, 0.05) is 18.7 Å². The van der Waals surface area contributed by atoms with Crippen LogP contribution in [0.2, 0.25) is 0 Å². The van der Waals surface area contributed by atoms with Gasteiger partial charge in [0.15, 0.2) is 4.34 Å². The first kappa shape index (κ1) is 19.4. The van der Waals surface area contributed by atoms with Crippen molar-refractivity contribution in [2.45, 2.75) is 46.6 Å². The van der Waals surface area contributed by atoms with Crippen molar-refractivity contribution in [3.8, 4) is 5.75 Å². The summed E-state index contributed by atoms with van der Waals surface area (Å²) >= 11 is 3.35. The van der Waals surface area contributed by atoms with Crippen LogP contribution in [-0.2, 0) is 10.5 Å². The van der Waals surface area contributed by atoms with Crippen LogP contribution in [0.15, 0.2) is 27.4 Å². The monoisotopic (exact) mass is 417 g/mol. The molecule has 140 valence electrons. The van der Waals surface area contributed by atoms with Gasteiger partial charge in [0.25, 0.3) is 5.76 Å². The third kappa shape index (κ3) is 4.86. The second-order valence-electron chi connectivity index (χ2n) is 5.62. The lowest BCUT2D eigenvalue weighted by molar-refractivity contribution is -0.116. The number of carbonyl (C=O) groups is 1. The molecular weight excluding hydrogens is 400 g/mol. The van der Waals surface area contributed by atoms with Gasteiger partial charge >= 0.3 is 0 Å². The van der Waals surface area contributed by atoms with Gasteiger partial charge in [-0.15, -0.1) is 10.2 Å². The van der Waals surface area contributed by atoms with Gasteiger partial charge in [-0.3, -0.25) is 9.69 Å². The van der Waals surface area contributed by atoms with Gasteiger partial charge in [0.2, 0.25) is 11.0 Å². The second kappa shape index (κ2) is 8.53. The smallest absolute Gasteiger partial charge is 0.289 e. The lowest BCUT2D eigenvalue weighted by Crippen LogP contribution is -2.30. The number of thioether (sulfide) groups is 2. The van der Waals surface area contributed by atoms with Crippen LogP contribution >= 0.6 is 34.9 Å². The molecule has 0 bridgehead atoms. The van der Waals surface area contributed by atoms with Gasteiger partial charge in [-0.05, 0) is 30.5 Å². The van der Waals surface area contributed by atoms with E-state index in [2.05, 4.69) is 10.2 Å². The average molecular weight is 418 g/mol. The number of aromatic nitrogens is 2. The number of hydrogen-bond acceptors (Lipinski definition) is 7. The normalized spacial score (nSPS) is 13.9. The summed E-state index contributed by atoms with van der Waals surface area (Å²) in [5.74, 6) is -1.46. The van der Waals surface area contributed by atoms with E-state index in [0.29, 0.717) is 33.3 Å². The van der Waals surface area contributed by atoms with Crippen molar-refractivity contribution in [3.05, 3.63) is 23.8 Å². The predicted molar refractivity (Wildman–Crippen MR) is 101 cm³/mol. The summed E-state index contributed by atoms with van der Waals surface area (Å²) < 4.78 is 31.1. The molecule has 0 atom stereocenters. The number of carbonyl (C=O) groups excluding carboxylic acids is 1. The highest BCUT2D eigenvalue weighted by Crippen LogP contribution is 2.38. The summed E-state index contributed by atoms with van der Waals surface area (Å²) in [6, 6.07) is 5.45. The van der Waals surface area contributed by atoms with Gasteiger partial charge in [-0.2, -0.15) is 8.78 Å². The van der Waals surface area contributed by atoms with E-state index in [-0.39, 0.29) is 11.9 Å². The fourth-order valence-corrected chi connectivity index (χ4v) is 4.88. The van der Waals surface area contributed by atoms with E-state index in [1.54, 1.807) is 23.1 Å². The molecule has 5 nitrogen and oxygen atoms in total. The average Bonchev–Trinajstić information content (AvgIpc) is 3.31. The van der Waals surface area contributed by atoms with Crippen LogP contribution in [0.1, 0.15) is 25.3 Å². The third-order valence-electron chi connectivity index (χ3n) is 3.66. The highest BCUT2D eigenvalue weighted by atomic mass is 32.2. The molecule has 0 radical (unpaired) electrons. The predicted octanol–water partition coefficient (Wildman–Crippen LogP) is 4.67. The zero-order chi connectivity index (χ0) is 18.7. The van der Waals surface area contributed by atoms with E-state index in [4.69, 9.17) is 4.74 Å². The van der Waals surface area contributed by atoms with Crippen LogP contribution in [-0.4, -0.2) is 35.0 Å². The van der Waals surface area contributed by atoms with Crippen LogP contribution < -0.4 is 9.64 Å². The largest absolute Gasteiger partial charge is 0.496 e. The molecule has 1 aliphatic carbocycles. The van der Waals surface area contributed by atoms with Crippen molar-refractivity contribution in [2.75, 3.05) is 12.0 Å². The molecule has 0 unspecified atom stereocenters. The van der Waals surface area contributed by atoms with Gasteiger partial charge in [-0.1, -0.05) is 40.9 Å². The summed E-state index contributed by atoms with van der Waals surface area (Å²) in [4.78, 5) is 13.9. The maximum Gasteiger partial charge on any atom is 0.289 e. The molecule has 1 aromatic heterocycles. The molecule has 10 heteroatoms. The Hall–Kier alpha value is -1.39. The number of methoxy groups -OCH3 is 1. The Labute approximate surface area is 162 Å². The Morgan fingerprint density at radius 2 is 2.19 bits per heavy atom. The summed E-state index contributed by atoms with van der Waals surface area (Å²) in [7, 11) is 1.47. The zero-order valence-corrected chi connectivity index (χ0v) is 16.6. The third-order valence-corrected chi connectivity index (χ3v) is 6.56. The SMILES string of the molecule is COc1cc(CSc2nnc(N(C(C)=O)C3CC3)s2)ccc1SC(F)F. The van der Waals surface area contributed by atoms with Crippen molar-refractivity contribution in [1.82, 2.24) is 10.2 Å². The maximum atomic E-state index is 12.6. The summed E-state index contributed by atoms with van der Waals surface area (Å²) in [6.45, 7) is 1.54. The summed E-state index contributed by atoms with van der Waals surface area (Å²) in [5, 5.41) is 8.91. The first-order chi connectivity index (χ1) is 12.5. The first-order valence-corrected chi connectivity index (χ1v) is 10.5. The minimum absolute atomic E-state index is 0.0166. The van der Waals surface area contributed by atoms with Crippen LogP contribution in [0.3, 0.4) is 0 Å². The molecule has 1 saturated carbocycles. The number of benzene rings is 1. The fourth-order valence-electron chi connectivity index (χ4n) is 2.38. The Morgan fingerprint density at radius 3 is 2.81 bits per heavy atom. The quantitative estimate of drug-likeness (QED) is 0.460. The molecule has 2 aromatic rings. The second-order valence-corrected chi connectivity index (χ2v) is 8.83. The van der Waals surface area contributed by atoms with Crippen molar-refractivity contribution < 1.29 is 18.3 Å². The van der Waals surface area contributed by atoms with Crippen LogP contribution in [0.25, 0.3) is 0 Å². The molecule has 0 spiro atoms. The fraction of sp³-hybridized carbons (Fsp3) is 0.438. The van der Waals surface area contributed by atoms with Crippen molar-refractivity contribution in [3.63, 3.8) is 0 Å². The standard InChI is InChI=1S/C16H17F2N3O2S3/c1-9(22)21(11-4-5-11)15-19-20-16(26-15)24-8-10-3-6-13(25-14(17)18)12(7-10)23-2/h3,6-7,11,14H,4-5,8H2,1-2H3. The van der Waals surface area contributed by atoms with Crippen molar-refractivity contribution in [1.29, 1.82) is 0 Å². The van der Waals surface area contributed by atoms with Crippen LogP contribution in [0.4, 0.5) is 13.9 Å². The molecule has 0 aliphatic heterocycles. The van der Waals surface area contributed by atoms with Crippen LogP contribution in [0, 0.1) is 0 Å². The highest BCUT2D eigenvalue weighted by Gasteiger charge is 2.34. The Bertz CT molecular complexity index is 784. The lowest BCUT2D eigenvalue weighted by atomic mass is 10.2. The maximum absolute atomic E-state index is 12.6. The van der Waals surface area contributed by atoms with E-state index in [1.165, 1.54) is 37.1 Å². The van der Waals surface area contributed by atoms with E-state index in [9.17, 15) is 13.6 Å². The molecule has 1 aromatic carbocycles.